The molecule has 1 nitrogen and oxygen atoms in total. The van der Waals surface area contributed by atoms with Crippen molar-refractivity contribution in [3.63, 3.8) is 0 Å². The lowest BCUT2D eigenvalue weighted by Crippen LogP contribution is -2.04. The predicted molar refractivity (Wildman–Crippen MR) is 126 cm³/mol. The van der Waals surface area contributed by atoms with Gasteiger partial charge in [-0.25, -0.2) is 0 Å². The summed E-state index contributed by atoms with van der Waals surface area (Å²) in [4.78, 5) is 0. The van der Waals surface area contributed by atoms with Crippen LogP contribution >= 0.6 is 0 Å². The standard InChI is InChI=1S/C28H34O/c1-4-22(2)21-23(3)9-8-20-29-28-18-16-27(17-19-28)26-14-12-25(13-15-26)24-10-6-5-7-11-24/h4,8-9,12-19,21,24H,5-7,10-11,20H2,1-3H3/b9-8+,22-4-,23-21-. The van der Waals surface area contributed by atoms with Gasteiger partial charge >= 0.3 is 0 Å². The number of allylic oxidation sites excluding steroid dienone is 5. The summed E-state index contributed by atoms with van der Waals surface area (Å²) >= 11 is 0. The van der Waals surface area contributed by atoms with E-state index >= 15 is 0 Å². The Kier molecular flexibility index (Phi) is 7.93. The first-order valence-corrected chi connectivity index (χ1v) is 11.0. The van der Waals surface area contributed by atoms with Gasteiger partial charge < -0.3 is 4.74 Å². The van der Waals surface area contributed by atoms with E-state index in [1.165, 1.54) is 59.9 Å². The van der Waals surface area contributed by atoms with E-state index in [-0.39, 0.29) is 0 Å². The second-order valence-corrected chi connectivity index (χ2v) is 8.12. The van der Waals surface area contributed by atoms with Gasteiger partial charge in [-0.15, -0.1) is 0 Å². The van der Waals surface area contributed by atoms with Crippen molar-refractivity contribution in [1.82, 2.24) is 0 Å². The first-order chi connectivity index (χ1) is 14.2. The highest BCUT2D eigenvalue weighted by Gasteiger charge is 2.15. The molecule has 1 heteroatoms. The lowest BCUT2D eigenvalue weighted by atomic mass is 9.84. The van der Waals surface area contributed by atoms with Gasteiger partial charge in [-0.3, -0.25) is 0 Å². The smallest absolute Gasteiger partial charge is 0.119 e. The molecule has 152 valence electrons. The van der Waals surface area contributed by atoms with Crippen molar-refractivity contribution >= 4 is 0 Å². The van der Waals surface area contributed by atoms with E-state index in [2.05, 4.69) is 93.6 Å². The van der Waals surface area contributed by atoms with Crippen LogP contribution in [0, 0.1) is 0 Å². The normalized spacial score (nSPS) is 16.4. The van der Waals surface area contributed by atoms with Crippen molar-refractivity contribution < 1.29 is 4.74 Å². The summed E-state index contributed by atoms with van der Waals surface area (Å²) < 4.78 is 5.85. The molecular weight excluding hydrogens is 352 g/mol. The van der Waals surface area contributed by atoms with Crippen LogP contribution in [0.5, 0.6) is 5.75 Å². The first-order valence-electron chi connectivity index (χ1n) is 11.0. The maximum absolute atomic E-state index is 5.85. The third-order valence-corrected chi connectivity index (χ3v) is 5.81. The van der Waals surface area contributed by atoms with Crippen LogP contribution in [0.1, 0.15) is 64.4 Å². The SMILES string of the molecule is C\C=C(C)/C=C(C)\C=C\COc1ccc(-c2ccc(C3CCCCC3)cc2)cc1. The van der Waals surface area contributed by atoms with Crippen LogP contribution in [0.15, 0.2) is 84.0 Å². The van der Waals surface area contributed by atoms with Crippen LogP contribution in [-0.4, -0.2) is 6.61 Å². The molecule has 0 atom stereocenters. The molecule has 0 radical (unpaired) electrons. The van der Waals surface area contributed by atoms with Gasteiger partial charge in [0.05, 0.1) is 0 Å². The van der Waals surface area contributed by atoms with Gasteiger partial charge in [-0.1, -0.05) is 85.0 Å². The molecule has 0 amide bonds. The second-order valence-electron chi connectivity index (χ2n) is 8.12. The van der Waals surface area contributed by atoms with Crippen molar-refractivity contribution in [3.05, 3.63) is 89.5 Å². The van der Waals surface area contributed by atoms with E-state index in [4.69, 9.17) is 4.74 Å². The van der Waals surface area contributed by atoms with E-state index in [0.29, 0.717) is 6.61 Å². The number of rotatable bonds is 7. The summed E-state index contributed by atoms with van der Waals surface area (Å²) in [5.74, 6) is 1.67. The van der Waals surface area contributed by atoms with Gasteiger partial charge in [0.2, 0.25) is 0 Å². The maximum Gasteiger partial charge on any atom is 0.119 e. The van der Waals surface area contributed by atoms with Gasteiger partial charge in [-0.2, -0.15) is 0 Å². The van der Waals surface area contributed by atoms with Gasteiger partial charge in [-0.05, 0) is 74.4 Å². The molecule has 0 aromatic heterocycles. The Bertz CT molecular complexity index is 844. The highest BCUT2D eigenvalue weighted by molar-refractivity contribution is 5.64. The fraction of sp³-hybridized carbons (Fsp3) is 0.357. The minimum Gasteiger partial charge on any atom is -0.490 e. The third-order valence-electron chi connectivity index (χ3n) is 5.81. The molecule has 1 saturated carbocycles. The molecule has 0 unspecified atom stereocenters. The van der Waals surface area contributed by atoms with Gasteiger partial charge in [0.15, 0.2) is 0 Å². The van der Waals surface area contributed by atoms with Crippen molar-refractivity contribution in [3.8, 4) is 16.9 Å². The lowest BCUT2D eigenvalue weighted by molar-refractivity contribution is 0.363. The molecule has 2 aromatic carbocycles. The van der Waals surface area contributed by atoms with Crippen molar-refractivity contribution in [1.29, 1.82) is 0 Å². The van der Waals surface area contributed by atoms with Gasteiger partial charge in [0.25, 0.3) is 0 Å². The molecule has 0 heterocycles. The van der Waals surface area contributed by atoms with Crippen molar-refractivity contribution in [2.45, 2.75) is 58.8 Å². The zero-order valence-corrected chi connectivity index (χ0v) is 18.2. The van der Waals surface area contributed by atoms with Gasteiger partial charge in [0, 0.05) is 0 Å². The molecule has 29 heavy (non-hydrogen) atoms. The lowest BCUT2D eigenvalue weighted by Gasteiger charge is -2.22. The van der Waals surface area contributed by atoms with E-state index < -0.39 is 0 Å². The molecule has 0 N–H and O–H groups in total. The van der Waals surface area contributed by atoms with E-state index in [1.54, 1.807) is 0 Å². The highest BCUT2D eigenvalue weighted by Crippen LogP contribution is 2.33. The molecule has 1 fully saturated rings. The van der Waals surface area contributed by atoms with Crippen LogP contribution in [0.2, 0.25) is 0 Å². The molecule has 0 spiro atoms. The Labute approximate surface area is 176 Å². The highest BCUT2D eigenvalue weighted by atomic mass is 16.5. The Hall–Kier alpha value is -2.54. The van der Waals surface area contributed by atoms with Gasteiger partial charge in [0.1, 0.15) is 12.4 Å². The van der Waals surface area contributed by atoms with Crippen molar-refractivity contribution in [2.75, 3.05) is 6.61 Å². The number of ether oxygens (including phenoxy) is 1. The van der Waals surface area contributed by atoms with Crippen molar-refractivity contribution in [2.24, 2.45) is 0 Å². The summed E-state index contributed by atoms with van der Waals surface area (Å²) in [5, 5.41) is 0. The zero-order valence-electron chi connectivity index (χ0n) is 18.2. The monoisotopic (exact) mass is 386 g/mol. The molecule has 0 bridgehead atoms. The largest absolute Gasteiger partial charge is 0.490 e. The van der Waals surface area contributed by atoms with E-state index in [0.717, 1.165) is 11.7 Å². The molecule has 1 aliphatic rings. The van der Waals surface area contributed by atoms with Crippen LogP contribution in [0.25, 0.3) is 11.1 Å². The minimum atomic E-state index is 0.579. The average molecular weight is 387 g/mol. The minimum absolute atomic E-state index is 0.579. The third kappa shape index (κ3) is 6.49. The maximum atomic E-state index is 5.85. The Morgan fingerprint density at radius 1 is 0.862 bits per heavy atom. The number of hydrogen-bond donors (Lipinski definition) is 0. The zero-order chi connectivity index (χ0) is 20.5. The summed E-state index contributed by atoms with van der Waals surface area (Å²) in [5.41, 5.74) is 6.53. The average Bonchev–Trinajstić information content (AvgIpc) is 2.78. The molecule has 0 aliphatic heterocycles. The molecular formula is C28H34O. The summed E-state index contributed by atoms with van der Waals surface area (Å²) in [6.07, 6.45) is 15.3. The second kappa shape index (κ2) is 10.9. The van der Waals surface area contributed by atoms with E-state index in [9.17, 15) is 0 Å². The molecule has 0 saturated heterocycles. The Morgan fingerprint density at radius 3 is 2.10 bits per heavy atom. The summed E-state index contributed by atoms with van der Waals surface area (Å²) in [6.45, 7) is 6.85. The number of hydrogen-bond acceptors (Lipinski definition) is 1. The molecule has 2 aromatic rings. The fourth-order valence-electron chi connectivity index (χ4n) is 4.00. The fourth-order valence-corrected chi connectivity index (χ4v) is 4.00. The van der Waals surface area contributed by atoms with E-state index in [1.807, 2.05) is 0 Å². The van der Waals surface area contributed by atoms with Crippen LogP contribution in [-0.2, 0) is 0 Å². The Balaban J connectivity index is 1.54. The quantitative estimate of drug-likeness (QED) is 0.435. The predicted octanol–water partition coefficient (Wildman–Crippen LogP) is 8.25. The van der Waals surface area contributed by atoms with Crippen LogP contribution in [0.4, 0.5) is 0 Å². The molecule has 3 rings (SSSR count). The van der Waals surface area contributed by atoms with Crippen LogP contribution < -0.4 is 4.74 Å². The summed E-state index contributed by atoms with van der Waals surface area (Å²) in [7, 11) is 0. The van der Waals surface area contributed by atoms with Crippen LogP contribution in [0.3, 0.4) is 0 Å². The summed E-state index contributed by atoms with van der Waals surface area (Å²) in [6, 6.07) is 17.6. The Morgan fingerprint density at radius 2 is 1.48 bits per heavy atom. The first kappa shape index (κ1) is 21.2. The topological polar surface area (TPSA) is 9.23 Å². The molecule has 1 aliphatic carbocycles. The number of benzene rings is 2.